The molecule has 2 rings (SSSR count). The number of hydrogen-bond acceptors (Lipinski definition) is 4. The Labute approximate surface area is 147 Å². The first kappa shape index (κ1) is 17.4. The minimum absolute atomic E-state index is 0.0412. The van der Waals surface area contributed by atoms with Gasteiger partial charge in [0, 0.05) is 10.7 Å². The molecule has 5 nitrogen and oxygen atoms in total. The van der Waals surface area contributed by atoms with Gasteiger partial charge in [0.1, 0.15) is 5.15 Å². The maximum Gasteiger partial charge on any atom is 0.341 e. The van der Waals surface area contributed by atoms with Crippen LogP contribution < -0.4 is 5.32 Å². The minimum Gasteiger partial charge on any atom is -0.452 e. The zero-order valence-corrected chi connectivity index (χ0v) is 14.6. The number of amides is 1. The molecule has 0 saturated heterocycles. The van der Waals surface area contributed by atoms with Crippen LogP contribution in [0.4, 0.5) is 0 Å². The maximum atomic E-state index is 11.9. The molecule has 1 aromatic carbocycles. The SMILES string of the molecule is C[C@@H](NC(=O)COC(=O)c1cccnc1Cl)c1ccccc1Br. The second kappa shape index (κ2) is 8.08. The minimum atomic E-state index is -0.688. The smallest absolute Gasteiger partial charge is 0.341 e. The van der Waals surface area contributed by atoms with Crippen molar-refractivity contribution in [3.05, 3.63) is 63.3 Å². The van der Waals surface area contributed by atoms with E-state index in [2.05, 4.69) is 26.2 Å². The summed E-state index contributed by atoms with van der Waals surface area (Å²) in [5, 5.41) is 2.80. The van der Waals surface area contributed by atoms with Crippen molar-refractivity contribution in [2.24, 2.45) is 0 Å². The molecule has 0 saturated carbocycles. The highest BCUT2D eigenvalue weighted by atomic mass is 79.9. The first-order chi connectivity index (χ1) is 11.0. The van der Waals surface area contributed by atoms with Crippen molar-refractivity contribution in [1.29, 1.82) is 0 Å². The molecular formula is C16H14BrClN2O3. The second-order valence-corrected chi connectivity index (χ2v) is 5.94. The molecule has 0 aliphatic heterocycles. The average molecular weight is 398 g/mol. The van der Waals surface area contributed by atoms with Crippen LogP contribution in [0.2, 0.25) is 5.15 Å². The van der Waals surface area contributed by atoms with E-state index in [4.69, 9.17) is 16.3 Å². The van der Waals surface area contributed by atoms with Crippen LogP contribution in [0.25, 0.3) is 0 Å². The number of nitrogens with one attached hydrogen (secondary N) is 1. The summed E-state index contributed by atoms with van der Waals surface area (Å²) >= 11 is 9.23. The Balaban J connectivity index is 1.89. The van der Waals surface area contributed by atoms with Gasteiger partial charge in [0.15, 0.2) is 6.61 Å². The number of benzene rings is 1. The molecule has 0 bridgehead atoms. The molecule has 0 unspecified atom stereocenters. The van der Waals surface area contributed by atoms with Crippen LogP contribution in [0.5, 0.6) is 0 Å². The van der Waals surface area contributed by atoms with Crippen molar-refractivity contribution in [1.82, 2.24) is 10.3 Å². The van der Waals surface area contributed by atoms with Gasteiger partial charge in [0.2, 0.25) is 0 Å². The van der Waals surface area contributed by atoms with E-state index < -0.39 is 18.5 Å². The molecular weight excluding hydrogens is 384 g/mol. The highest BCUT2D eigenvalue weighted by molar-refractivity contribution is 9.10. The molecule has 1 atom stereocenters. The van der Waals surface area contributed by atoms with Gasteiger partial charge >= 0.3 is 5.97 Å². The highest BCUT2D eigenvalue weighted by Gasteiger charge is 2.16. The molecule has 23 heavy (non-hydrogen) atoms. The molecule has 0 aliphatic rings. The number of rotatable bonds is 5. The van der Waals surface area contributed by atoms with Crippen LogP contribution in [0, 0.1) is 0 Å². The lowest BCUT2D eigenvalue weighted by molar-refractivity contribution is -0.124. The standard InChI is InChI=1S/C16H14BrClN2O3/c1-10(11-5-2-3-7-13(11)17)20-14(21)9-23-16(22)12-6-4-8-19-15(12)18/h2-8,10H,9H2,1H3,(H,20,21)/t10-/m1/s1. The van der Waals surface area contributed by atoms with E-state index in [-0.39, 0.29) is 16.8 Å². The average Bonchev–Trinajstić information content (AvgIpc) is 2.53. The summed E-state index contributed by atoms with van der Waals surface area (Å²) in [5.41, 5.74) is 1.06. The summed E-state index contributed by atoms with van der Waals surface area (Å²) in [6.07, 6.45) is 1.46. The van der Waals surface area contributed by atoms with Crippen molar-refractivity contribution < 1.29 is 14.3 Å². The number of esters is 1. The molecule has 7 heteroatoms. The Hall–Kier alpha value is -1.92. The summed E-state index contributed by atoms with van der Waals surface area (Å²) in [5.74, 6) is -1.09. The Morgan fingerprint density at radius 3 is 2.74 bits per heavy atom. The van der Waals surface area contributed by atoms with Crippen LogP contribution in [0.3, 0.4) is 0 Å². The fourth-order valence-corrected chi connectivity index (χ4v) is 2.76. The summed E-state index contributed by atoms with van der Waals surface area (Å²) in [6, 6.07) is 10.4. The molecule has 0 fully saturated rings. The van der Waals surface area contributed by atoms with E-state index in [1.54, 1.807) is 6.07 Å². The van der Waals surface area contributed by atoms with Crippen molar-refractivity contribution in [3.63, 3.8) is 0 Å². The third-order valence-electron chi connectivity index (χ3n) is 3.06. The molecule has 1 heterocycles. The summed E-state index contributed by atoms with van der Waals surface area (Å²) in [7, 11) is 0. The fourth-order valence-electron chi connectivity index (χ4n) is 1.93. The normalized spacial score (nSPS) is 11.6. The lowest BCUT2D eigenvalue weighted by Crippen LogP contribution is -2.31. The highest BCUT2D eigenvalue weighted by Crippen LogP contribution is 2.22. The van der Waals surface area contributed by atoms with Gasteiger partial charge in [-0.2, -0.15) is 0 Å². The van der Waals surface area contributed by atoms with E-state index in [9.17, 15) is 9.59 Å². The van der Waals surface area contributed by atoms with Crippen LogP contribution in [-0.4, -0.2) is 23.5 Å². The molecule has 0 spiro atoms. The second-order valence-electron chi connectivity index (χ2n) is 4.73. The fraction of sp³-hybridized carbons (Fsp3) is 0.188. The van der Waals surface area contributed by atoms with Gasteiger partial charge < -0.3 is 10.1 Å². The molecule has 1 aromatic heterocycles. The third-order valence-corrected chi connectivity index (χ3v) is 4.09. The topological polar surface area (TPSA) is 68.3 Å². The number of halogens is 2. The number of hydrogen-bond donors (Lipinski definition) is 1. The van der Waals surface area contributed by atoms with Gasteiger partial charge in [0.25, 0.3) is 5.91 Å². The monoisotopic (exact) mass is 396 g/mol. The Kier molecular flexibility index (Phi) is 6.12. The summed E-state index contributed by atoms with van der Waals surface area (Å²) in [6.45, 7) is 1.46. The van der Waals surface area contributed by atoms with E-state index in [1.165, 1.54) is 12.3 Å². The van der Waals surface area contributed by atoms with E-state index in [1.807, 2.05) is 31.2 Å². The quantitative estimate of drug-likeness (QED) is 0.619. The zero-order valence-electron chi connectivity index (χ0n) is 12.3. The van der Waals surface area contributed by atoms with Crippen LogP contribution in [0.15, 0.2) is 47.1 Å². The number of nitrogens with zero attached hydrogens (tertiary/aromatic N) is 1. The molecule has 0 aliphatic carbocycles. The predicted octanol–water partition coefficient (Wildman–Crippen LogP) is 3.53. The predicted molar refractivity (Wildman–Crippen MR) is 90.2 cm³/mol. The Morgan fingerprint density at radius 2 is 2.04 bits per heavy atom. The van der Waals surface area contributed by atoms with Gasteiger partial charge in [-0.3, -0.25) is 4.79 Å². The van der Waals surface area contributed by atoms with Crippen molar-refractivity contribution in [3.8, 4) is 0 Å². The van der Waals surface area contributed by atoms with E-state index >= 15 is 0 Å². The van der Waals surface area contributed by atoms with Gasteiger partial charge in [-0.15, -0.1) is 0 Å². The zero-order chi connectivity index (χ0) is 16.8. The molecule has 1 N–H and O–H groups in total. The lowest BCUT2D eigenvalue weighted by atomic mass is 10.1. The largest absolute Gasteiger partial charge is 0.452 e. The van der Waals surface area contributed by atoms with Gasteiger partial charge in [0.05, 0.1) is 11.6 Å². The molecule has 120 valence electrons. The van der Waals surface area contributed by atoms with E-state index in [0.29, 0.717) is 0 Å². The molecule has 2 aromatic rings. The molecule has 0 radical (unpaired) electrons. The summed E-state index contributed by atoms with van der Waals surface area (Å²) in [4.78, 5) is 27.5. The number of pyridine rings is 1. The lowest BCUT2D eigenvalue weighted by Gasteiger charge is -2.15. The van der Waals surface area contributed by atoms with Crippen LogP contribution in [-0.2, 0) is 9.53 Å². The van der Waals surface area contributed by atoms with Gasteiger partial charge in [-0.05, 0) is 30.7 Å². The Morgan fingerprint density at radius 1 is 1.30 bits per heavy atom. The van der Waals surface area contributed by atoms with Crippen LogP contribution in [0.1, 0.15) is 28.9 Å². The number of carbonyl (C=O) groups excluding carboxylic acids is 2. The first-order valence-electron chi connectivity index (χ1n) is 6.80. The van der Waals surface area contributed by atoms with Crippen LogP contribution >= 0.6 is 27.5 Å². The van der Waals surface area contributed by atoms with E-state index in [0.717, 1.165) is 10.0 Å². The van der Waals surface area contributed by atoms with Crippen molar-refractivity contribution in [2.45, 2.75) is 13.0 Å². The number of aromatic nitrogens is 1. The summed E-state index contributed by atoms with van der Waals surface area (Å²) < 4.78 is 5.85. The number of ether oxygens (including phenoxy) is 1. The van der Waals surface area contributed by atoms with Crippen molar-refractivity contribution >= 4 is 39.4 Å². The maximum absolute atomic E-state index is 11.9. The first-order valence-corrected chi connectivity index (χ1v) is 7.97. The molecule has 1 amide bonds. The van der Waals surface area contributed by atoms with Gasteiger partial charge in [-0.25, -0.2) is 9.78 Å². The number of carbonyl (C=O) groups is 2. The Bertz CT molecular complexity index is 724. The van der Waals surface area contributed by atoms with Crippen molar-refractivity contribution in [2.75, 3.05) is 6.61 Å². The van der Waals surface area contributed by atoms with Gasteiger partial charge in [-0.1, -0.05) is 45.7 Å². The third kappa shape index (κ3) is 4.77.